The lowest BCUT2D eigenvalue weighted by atomic mass is 10.0. The summed E-state index contributed by atoms with van der Waals surface area (Å²) in [6, 6.07) is 6.16. The Morgan fingerprint density at radius 3 is 2.81 bits per heavy atom. The summed E-state index contributed by atoms with van der Waals surface area (Å²) in [6.07, 6.45) is 1.33. The van der Waals surface area contributed by atoms with E-state index in [0.717, 1.165) is 0 Å². The van der Waals surface area contributed by atoms with Crippen LogP contribution in [0.1, 0.15) is 15.9 Å². The fraction of sp³-hybridized carbons (Fsp3) is 0.0909. The Bertz CT molecular complexity index is 521. The number of carbonyl (C=O) groups is 1. The summed E-state index contributed by atoms with van der Waals surface area (Å²) in [5, 5.41) is 6.11. The number of hydrogen-bond acceptors (Lipinski definition) is 3. The first-order chi connectivity index (χ1) is 7.68. The van der Waals surface area contributed by atoms with Crippen molar-refractivity contribution in [2.24, 2.45) is 0 Å². The minimum atomic E-state index is -0.391. The lowest BCUT2D eigenvalue weighted by molar-refractivity contribution is 0.0992. The topological polar surface area (TPSA) is 71.8 Å². The molecule has 0 fully saturated rings. The molecule has 0 amide bonds. The Hall–Kier alpha value is -2.17. The second kappa shape index (κ2) is 4.14. The summed E-state index contributed by atoms with van der Waals surface area (Å²) in [6.45, 7) is 0. The van der Waals surface area contributed by atoms with Gasteiger partial charge < -0.3 is 5.73 Å². The highest BCUT2D eigenvalue weighted by atomic mass is 19.1. The molecule has 0 aliphatic rings. The minimum absolute atomic E-state index is 0.0175. The second-order valence-electron chi connectivity index (χ2n) is 3.39. The van der Waals surface area contributed by atoms with Crippen LogP contribution in [0.2, 0.25) is 0 Å². The largest absolute Gasteiger partial charge is 0.383 e. The first-order valence-corrected chi connectivity index (χ1v) is 4.74. The van der Waals surface area contributed by atoms with Crippen LogP contribution in [0.25, 0.3) is 0 Å². The van der Waals surface area contributed by atoms with Crippen molar-refractivity contribution in [1.82, 2.24) is 10.2 Å². The molecule has 0 radical (unpaired) electrons. The van der Waals surface area contributed by atoms with Crippen LogP contribution >= 0.6 is 0 Å². The van der Waals surface area contributed by atoms with Crippen molar-refractivity contribution < 1.29 is 9.18 Å². The van der Waals surface area contributed by atoms with Crippen molar-refractivity contribution in [2.75, 3.05) is 5.73 Å². The molecule has 0 bridgehead atoms. The molecule has 2 aromatic rings. The van der Waals surface area contributed by atoms with Gasteiger partial charge in [-0.1, -0.05) is 18.2 Å². The average Bonchev–Trinajstić information content (AvgIpc) is 2.68. The molecule has 1 heterocycles. The van der Waals surface area contributed by atoms with Crippen molar-refractivity contribution in [2.45, 2.75) is 6.42 Å². The van der Waals surface area contributed by atoms with E-state index in [1.165, 1.54) is 12.3 Å². The van der Waals surface area contributed by atoms with Gasteiger partial charge in [-0.25, -0.2) is 4.39 Å². The fourth-order valence-corrected chi connectivity index (χ4v) is 1.43. The van der Waals surface area contributed by atoms with Crippen molar-refractivity contribution in [3.63, 3.8) is 0 Å². The number of nitrogens with zero attached hydrogens (tertiary/aromatic N) is 1. The van der Waals surface area contributed by atoms with E-state index < -0.39 is 5.82 Å². The number of aromatic nitrogens is 2. The standard InChI is InChI=1S/C11H10FN3O/c12-9-4-2-1-3-7(9)5-10(16)8-6-14-15-11(8)13/h1-4,6H,5H2,(H3,13,14,15). The van der Waals surface area contributed by atoms with E-state index >= 15 is 0 Å². The van der Waals surface area contributed by atoms with Crippen LogP contribution < -0.4 is 5.73 Å². The SMILES string of the molecule is Nc1[nH]ncc1C(=O)Cc1ccccc1F. The van der Waals surface area contributed by atoms with E-state index in [9.17, 15) is 9.18 Å². The number of Topliss-reactive ketones (excluding diaryl/α,β-unsaturated/α-hetero) is 1. The van der Waals surface area contributed by atoms with Crippen LogP contribution in [0.4, 0.5) is 10.2 Å². The Kier molecular flexibility index (Phi) is 2.68. The molecule has 3 N–H and O–H groups in total. The zero-order chi connectivity index (χ0) is 11.5. The molecule has 82 valence electrons. The van der Waals surface area contributed by atoms with Crippen molar-refractivity contribution >= 4 is 11.6 Å². The van der Waals surface area contributed by atoms with Gasteiger partial charge in [0.05, 0.1) is 11.8 Å². The number of aromatic amines is 1. The van der Waals surface area contributed by atoms with Crippen LogP contribution in [0.15, 0.2) is 30.5 Å². The third-order valence-electron chi connectivity index (χ3n) is 2.28. The predicted octanol–water partition coefficient (Wildman–Crippen LogP) is 1.56. The van der Waals surface area contributed by atoms with E-state index in [4.69, 9.17) is 5.73 Å². The molecule has 1 aromatic heterocycles. The average molecular weight is 219 g/mol. The van der Waals surface area contributed by atoms with Gasteiger partial charge in [-0.15, -0.1) is 0 Å². The number of rotatable bonds is 3. The lowest BCUT2D eigenvalue weighted by Crippen LogP contribution is -2.06. The molecule has 4 nitrogen and oxygen atoms in total. The van der Waals surface area contributed by atoms with E-state index in [1.807, 2.05) is 0 Å². The number of nitrogens with two attached hydrogens (primary N) is 1. The quantitative estimate of drug-likeness (QED) is 0.769. The maximum atomic E-state index is 13.3. The van der Waals surface area contributed by atoms with Gasteiger partial charge in [-0.2, -0.15) is 5.10 Å². The first-order valence-electron chi connectivity index (χ1n) is 4.74. The number of ketones is 1. The van der Waals surface area contributed by atoms with Crippen LogP contribution in [0.5, 0.6) is 0 Å². The van der Waals surface area contributed by atoms with Gasteiger partial charge in [-0.05, 0) is 11.6 Å². The van der Waals surface area contributed by atoms with Gasteiger partial charge in [0.25, 0.3) is 0 Å². The molecule has 0 aliphatic heterocycles. The van der Waals surface area contributed by atoms with E-state index in [-0.39, 0.29) is 18.0 Å². The van der Waals surface area contributed by atoms with Crippen LogP contribution in [0.3, 0.4) is 0 Å². The van der Waals surface area contributed by atoms with Crippen LogP contribution in [0, 0.1) is 5.82 Å². The van der Waals surface area contributed by atoms with Crippen LogP contribution in [-0.2, 0) is 6.42 Å². The monoisotopic (exact) mass is 219 g/mol. The second-order valence-corrected chi connectivity index (χ2v) is 3.39. The third-order valence-corrected chi connectivity index (χ3v) is 2.28. The molecule has 0 spiro atoms. The van der Waals surface area contributed by atoms with Gasteiger partial charge in [-0.3, -0.25) is 9.89 Å². The van der Waals surface area contributed by atoms with Gasteiger partial charge >= 0.3 is 0 Å². The highest BCUT2D eigenvalue weighted by Gasteiger charge is 2.13. The Balaban J connectivity index is 2.21. The lowest BCUT2D eigenvalue weighted by Gasteiger charge is -2.01. The number of nitrogens with one attached hydrogen (secondary N) is 1. The number of nitrogen functional groups attached to an aromatic ring is 1. The summed E-state index contributed by atoms with van der Waals surface area (Å²) in [5.74, 6) is -0.435. The predicted molar refractivity (Wildman–Crippen MR) is 57.4 cm³/mol. The highest BCUT2D eigenvalue weighted by molar-refractivity contribution is 6.01. The Morgan fingerprint density at radius 2 is 2.19 bits per heavy atom. The summed E-state index contributed by atoms with van der Waals surface area (Å²) < 4.78 is 13.3. The molecule has 0 unspecified atom stereocenters. The fourth-order valence-electron chi connectivity index (χ4n) is 1.43. The number of carbonyl (C=O) groups excluding carboxylic acids is 1. The molecule has 0 saturated carbocycles. The van der Waals surface area contributed by atoms with Gasteiger partial charge in [0.15, 0.2) is 5.78 Å². The molecule has 2 rings (SSSR count). The normalized spacial score (nSPS) is 10.3. The molecule has 0 saturated heterocycles. The van der Waals surface area contributed by atoms with Crippen molar-refractivity contribution in [3.05, 3.63) is 47.4 Å². The summed E-state index contributed by atoms with van der Waals surface area (Å²) in [7, 11) is 0. The van der Waals surface area contributed by atoms with E-state index in [0.29, 0.717) is 11.1 Å². The van der Waals surface area contributed by atoms with E-state index in [1.54, 1.807) is 18.2 Å². The van der Waals surface area contributed by atoms with Crippen molar-refractivity contribution in [1.29, 1.82) is 0 Å². The van der Waals surface area contributed by atoms with Crippen LogP contribution in [-0.4, -0.2) is 16.0 Å². The number of benzene rings is 1. The molecule has 16 heavy (non-hydrogen) atoms. The van der Waals surface area contributed by atoms with E-state index in [2.05, 4.69) is 10.2 Å². The molecular weight excluding hydrogens is 209 g/mol. The van der Waals surface area contributed by atoms with Gasteiger partial charge in [0.2, 0.25) is 0 Å². The summed E-state index contributed by atoms with van der Waals surface area (Å²) >= 11 is 0. The minimum Gasteiger partial charge on any atom is -0.383 e. The molecular formula is C11H10FN3O. The zero-order valence-electron chi connectivity index (χ0n) is 8.40. The number of halogens is 1. The number of H-pyrrole nitrogens is 1. The summed E-state index contributed by atoms with van der Waals surface area (Å²) in [5.41, 5.74) is 6.15. The third kappa shape index (κ3) is 1.93. The van der Waals surface area contributed by atoms with Gasteiger partial charge in [0.1, 0.15) is 11.6 Å². The maximum absolute atomic E-state index is 13.3. The highest BCUT2D eigenvalue weighted by Crippen LogP contribution is 2.13. The molecule has 0 atom stereocenters. The maximum Gasteiger partial charge on any atom is 0.172 e. The number of hydrogen-bond donors (Lipinski definition) is 2. The van der Waals surface area contributed by atoms with Crippen molar-refractivity contribution in [3.8, 4) is 0 Å². The molecule has 1 aromatic carbocycles. The molecule has 0 aliphatic carbocycles. The van der Waals surface area contributed by atoms with Gasteiger partial charge in [0, 0.05) is 6.42 Å². The molecule has 5 heteroatoms. The Labute approximate surface area is 91.3 Å². The smallest absolute Gasteiger partial charge is 0.172 e. The first kappa shape index (κ1) is 10.4. The number of anilines is 1. The summed E-state index contributed by atoms with van der Waals surface area (Å²) in [4.78, 5) is 11.7. The zero-order valence-corrected chi connectivity index (χ0v) is 8.40. The Morgan fingerprint density at radius 1 is 1.44 bits per heavy atom.